The van der Waals surface area contributed by atoms with Gasteiger partial charge in [0.05, 0.1) is 19.3 Å². The normalized spacial score (nSPS) is 25.4. The van der Waals surface area contributed by atoms with Crippen molar-refractivity contribution in [2.75, 3.05) is 39.4 Å². The first-order valence-electron chi connectivity index (χ1n) is 7.70. The highest BCUT2D eigenvalue weighted by Crippen LogP contribution is 2.14. The molecule has 17 heavy (non-hydrogen) atoms. The Kier molecular flexibility index (Phi) is 6.32. The third-order valence-corrected chi connectivity index (χ3v) is 4.35. The van der Waals surface area contributed by atoms with Gasteiger partial charge in [-0.15, -0.1) is 0 Å². The molecule has 0 unspecified atom stereocenters. The summed E-state index contributed by atoms with van der Waals surface area (Å²) in [4.78, 5) is 1.75. The summed E-state index contributed by atoms with van der Waals surface area (Å²) < 4.78 is 5.40. The van der Waals surface area contributed by atoms with E-state index in [1.54, 1.807) is 4.90 Å². The fourth-order valence-corrected chi connectivity index (χ4v) is 3.16. The van der Waals surface area contributed by atoms with Crippen LogP contribution in [0.5, 0.6) is 0 Å². The zero-order chi connectivity index (χ0) is 11.8. The maximum atomic E-state index is 5.40. The molecule has 0 spiro atoms. The molecule has 1 aliphatic carbocycles. The first-order valence-corrected chi connectivity index (χ1v) is 7.70. The zero-order valence-corrected chi connectivity index (χ0v) is 11.3. The summed E-state index contributed by atoms with van der Waals surface area (Å²) in [6.07, 6.45) is 10.3. The monoisotopic (exact) mass is 242 g/mol. The van der Waals surface area contributed by atoms with E-state index in [2.05, 4.69) is 5.32 Å². The van der Waals surface area contributed by atoms with Gasteiger partial charge in [0.25, 0.3) is 0 Å². The molecule has 0 bridgehead atoms. The molecule has 2 fully saturated rings. The molecule has 1 saturated heterocycles. The predicted octanol–water partition coefficient (Wildman–Crippen LogP) is -0.422. The van der Waals surface area contributed by atoms with E-state index in [9.17, 15) is 0 Å². The van der Waals surface area contributed by atoms with E-state index in [4.69, 9.17) is 4.74 Å². The topological polar surface area (TPSA) is 30.3 Å². The van der Waals surface area contributed by atoms with Gasteiger partial charge < -0.3 is 15.0 Å². The minimum Gasteiger partial charge on any atom is -0.370 e. The molecule has 1 heterocycles. The quantitative estimate of drug-likeness (QED) is 0.689. The first-order chi connectivity index (χ1) is 8.45. The molecule has 0 amide bonds. The van der Waals surface area contributed by atoms with Crippen molar-refractivity contribution in [2.24, 2.45) is 0 Å². The van der Waals surface area contributed by atoms with E-state index in [0.717, 1.165) is 19.3 Å². The second-order valence-electron chi connectivity index (χ2n) is 5.74. The summed E-state index contributed by atoms with van der Waals surface area (Å²) in [6.45, 7) is 7.04. The summed E-state index contributed by atoms with van der Waals surface area (Å²) >= 11 is 0. The summed E-state index contributed by atoms with van der Waals surface area (Å²) in [5, 5.41) is 2.63. The van der Waals surface area contributed by atoms with E-state index in [0.29, 0.717) is 0 Å². The second kappa shape index (κ2) is 8.06. The third-order valence-electron chi connectivity index (χ3n) is 4.35. The van der Waals surface area contributed by atoms with Gasteiger partial charge in [-0.25, -0.2) is 0 Å². The van der Waals surface area contributed by atoms with Crippen molar-refractivity contribution >= 4 is 0 Å². The Bertz CT molecular complexity index is 185. The van der Waals surface area contributed by atoms with Crippen LogP contribution in [0, 0.1) is 0 Å². The van der Waals surface area contributed by atoms with E-state index in [-0.39, 0.29) is 0 Å². The van der Waals surface area contributed by atoms with Crippen molar-refractivity contribution in [3.05, 3.63) is 0 Å². The molecule has 1 saturated carbocycles. The predicted molar refractivity (Wildman–Crippen MR) is 69.3 cm³/mol. The van der Waals surface area contributed by atoms with E-state index < -0.39 is 0 Å². The largest absolute Gasteiger partial charge is 0.370 e. The number of hydrogen-bond acceptors (Lipinski definition) is 1. The van der Waals surface area contributed by atoms with E-state index in [1.165, 1.54) is 71.1 Å². The van der Waals surface area contributed by atoms with E-state index >= 15 is 0 Å². The smallest absolute Gasteiger partial charge is 0.127 e. The molecule has 0 aromatic heterocycles. The molecule has 100 valence electrons. The summed E-state index contributed by atoms with van der Waals surface area (Å²) in [5.74, 6) is 0. The van der Waals surface area contributed by atoms with Gasteiger partial charge in [0.15, 0.2) is 0 Å². The van der Waals surface area contributed by atoms with Crippen LogP contribution < -0.4 is 10.2 Å². The van der Waals surface area contributed by atoms with Crippen molar-refractivity contribution in [3.63, 3.8) is 0 Å². The van der Waals surface area contributed by atoms with Gasteiger partial charge in [0.2, 0.25) is 0 Å². The van der Waals surface area contributed by atoms with Gasteiger partial charge >= 0.3 is 0 Å². The Labute approximate surface area is 106 Å². The molecule has 0 aromatic rings. The molecule has 3 nitrogen and oxygen atoms in total. The molecule has 0 aromatic carbocycles. The van der Waals surface area contributed by atoms with Crippen LogP contribution in [0.25, 0.3) is 0 Å². The lowest BCUT2D eigenvalue weighted by Crippen LogP contribution is -3.16. The van der Waals surface area contributed by atoms with Gasteiger partial charge in [-0.3, -0.25) is 0 Å². The number of rotatable bonds is 4. The molecule has 3 heteroatoms. The maximum Gasteiger partial charge on any atom is 0.127 e. The van der Waals surface area contributed by atoms with Gasteiger partial charge in [-0.1, -0.05) is 19.3 Å². The van der Waals surface area contributed by atoms with Gasteiger partial charge in [-0.05, 0) is 25.7 Å². The Morgan fingerprint density at radius 1 is 0.941 bits per heavy atom. The number of nitrogens with one attached hydrogen (secondary N) is 1. The number of ether oxygens (including phenoxy) is 1. The maximum absolute atomic E-state index is 5.40. The van der Waals surface area contributed by atoms with Crippen molar-refractivity contribution < 1.29 is 15.0 Å². The van der Waals surface area contributed by atoms with Crippen LogP contribution in [0.4, 0.5) is 0 Å². The molecule has 1 aliphatic heterocycles. The molecule has 2 aliphatic rings. The molecule has 0 atom stereocenters. The Morgan fingerprint density at radius 3 is 2.29 bits per heavy atom. The fraction of sp³-hybridized carbons (Fsp3) is 1.00. The van der Waals surface area contributed by atoms with E-state index in [1.807, 2.05) is 0 Å². The Balaban J connectivity index is 1.56. The summed E-state index contributed by atoms with van der Waals surface area (Å²) in [6, 6.07) is 0.927. The van der Waals surface area contributed by atoms with Crippen LogP contribution >= 0.6 is 0 Å². The molecular formula is C14H30N2O+2. The van der Waals surface area contributed by atoms with Crippen molar-refractivity contribution in [2.45, 2.75) is 51.0 Å². The molecule has 0 radical (unpaired) electrons. The molecule has 3 N–H and O–H groups in total. The lowest BCUT2D eigenvalue weighted by Gasteiger charge is -2.24. The SMILES string of the molecule is C1CCCC([NH2+]CC[NH+]2CCOCC2)CCC1. The highest BCUT2D eigenvalue weighted by molar-refractivity contribution is 4.60. The first kappa shape index (κ1) is 13.3. The van der Waals surface area contributed by atoms with Gasteiger partial charge in [-0.2, -0.15) is 0 Å². The third kappa shape index (κ3) is 5.36. The lowest BCUT2D eigenvalue weighted by molar-refractivity contribution is -0.921. The van der Waals surface area contributed by atoms with Crippen LogP contribution in [0.3, 0.4) is 0 Å². The van der Waals surface area contributed by atoms with Crippen LogP contribution in [-0.2, 0) is 4.74 Å². The minimum absolute atomic E-state index is 0.927. The molecular weight excluding hydrogens is 212 g/mol. The zero-order valence-electron chi connectivity index (χ0n) is 11.3. The molecule has 2 rings (SSSR count). The van der Waals surface area contributed by atoms with Crippen LogP contribution in [0.2, 0.25) is 0 Å². The Hall–Kier alpha value is -0.120. The average molecular weight is 242 g/mol. The van der Waals surface area contributed by atoms with Crippen molar-refractivity contribution in [1.82, 2.24) is 0 Å². The van der Waals surface area contributed by atoms with Gasteiger partial charge in [0, 0.05) is 0 Å². The van der Waals surface area contributed by atoms with Crippen molar-refractivity contribution in [3.8, 4) is 0 Å². The van der Waals surface area contributed by atoms with Crippen LogP contribution in [0.15, 0.2) is 0 Å². The number of morpholine rings is 1. The number of hydrogen-bond donors (Lipinski definition) is 2. The highest BCUT2D eigenvalue weighted by atomic mass is 16.5. The second-order valence-corrected chi connectivity index (χ2v) is 5.74. The summed E-state index contributed by atoms with van der Waals surface area (Å²) in [5.41, 5.74) is 0. The fourth-order valence-electron chi connectivity index (χ4n) is 3.16. The highest BCUT2D eigenvalue weighted by Gasteiger charge is 2.17. The lowest BCUT2D eigenvalue weighted by atomic mass is 9.97. The number of quaternary nitrogens is 2. The van der Waals surface area contributed by atoms with Crippen molar-refractivity contribution in [1.29, 1.82) is 0 Å². The Morgan fingerprint density at radius 2 is 1.59 bits per heavy atom. The average Bonchev–Trinajstić information content (AvgIpc) is 2.33. The van der Waals surface area contributed by atoms with Crippen LogP contribution in [-0.4, -0.2) is 45.4 Å². The standard InChI is InChI=1S/C14H28N2O/c1-2-4-6-14(7-5-3-1)15-8-9-16-10-12-17-13-11-16/h14-15H,1-13H2/p+2. The van der Waals surface area contributed by atoms with Gasteiger partial charge in [0.1, 0.15) is 26.2 Å². The number of nitrogens with two attached hydrogens (primary N) is 1. The summed E-state index contributed by atoms with van der Waals surface area (Å²) in [7, 11) is 0. The van der Waals surface area contributed by atoms with Crippen LogP contribution in [0.1, 0.15) is 44.9 Å². The minimum atomic E-state index is 0.927.